The van der Waals surface area contributed by atoms with Crippen molar-refractivity contribution in [3.05, 3.63) is 70.1 Å². The number of halogens is 2. The van der Waals surface area contributed by atoms with Crippen LogP contribution in [0.25, 0.3) is 10.9 Å². The van der Waals surface area contributed by atoms with E-state index in [-0.39, 0.29) is 18.3 Å². The van der Waals surface area contributed by atoms with Crippen LogP contribution < -0.4 is 0 Å². The van der Waals surface area contributed by atoms with Crippen LogP contribution in [0.1, 0.15) is 16.1 Å². The van der Waals surface area contributed by atoms with E-state index >= 15 is 0 Å². The van der Waals surface area contributed by atoms with Crippen molar-refractivity contribution in [1.29, 1.82) is 0 Å². The van der Waals surface area contributed by atoms with Crippen LogP contribution in [0.4, 0.5) is 4.39 Å². The minimum atomic E-state index is -0.315. The number of fused-ring (bicyclic) bond motifs is 1. The molecule has 23 heavy (non-hydrogen) atoms. The number of nitrogens with zero attached hydrogens (tertiary/aromatic N) is 2. The van der Waals surface area contributed by atoms with Gasteiger partial charge in [-0.1, -0.05) is 34.1 Å². The summed E-state index contributed by atoms with van der Waals surface area (Å²) in [6.07, 6.45) is 0. The first kappa shape index (κ1) is 15.7. The second-order valence-corrected chi connectivity index (χ2v) is 6.46. The lowest BCUT2D eigenvalue weighted by atomic mass is 10.2. The Kier molecular flexibility index (Phi) is 4.22. The monoisotopic (exact) mass is 374 g/mol. The molecule has 0 aliphatic carbocycles. The van der Waals surface area contributed by atoms with Crippen molar-refractivity contribution in [2.75, 3.05) is 7.05 Å². The third-order valence-electron chi connectivity index (χ3n) is 3.93. The molecule has 0 radical (unpaired) electrons. The number of hydrogen-bond acceptors (Lipinski definition) is 1. The number of para-hydroxylation sites is 1. The summed E-state index contributed by atoms with van der Waals surface area (Å²) in [4.78, 5) is 14.2. The molecule has 0 atom stereocenters. The molecule has 5 heteroatoms. The molecule has 1 heterocycles. The Morgan fingerprint density at radius 2 is 1.96 bits per heavy atom. The van der Waals surface area contributed by atoms with Crippen molar-refractivity contribution >= 4 is 32.7 Å². The average molecular weight is 375 g/mol. The van der Waals surface area contributed by atoms with Gasteiger partial charge >= 0.3 is 0 Å². The topological polar surface area (TPSA) is 25.2 Å². The highest BCUT2D eigenvalue weighted by Gasteiger charge is 2.18. The van der Waals surface area contributed by atoms with Crippen molar-refractivity contribution < 1.29 is 9.18 Å². The molecule has 1 aromatic heterocycles. The Hall–Kier alpha value is -2.14. The first-order chi connectivity index (χ1) is 11.0. The molecule has 0 aliphatic heterocycles. The Bertz CT molecular complexity index is 888. The van der Waals surface area contributed by atoms with Gasteiger partial charge in [-0.2, -0.15) is 0 Å². The second-order valence-electron chi connectivity index (χ2n) is 5.54. The quantitative estimate of drug-likeness (QED) is 0.668. The van der Waals surface area contributed by atoms with E-state index in [1.165, 1.54) is 11.0 Å². The van der Waals surface area contributed by atoms with Gasteiger partial charge in [0.15, 0.2) is 0 Å². The lowest BCUT2D eigenvalue weighted by Crippen LogP contribution is -2.28. The number of amides is 1. The summed E-state index contributed by atoms with van der Waals surface area (Å²) >= 11 is 3.33. The van der Waals surface area contributed by atoms with Crippen LogP contribution in [-0.2, 0) is 13.6 Å². The number of carbonyl (C=O) groups excluding carboxylic acids is 1. The Labute approximate surface area is 142 Å². The van der Waals surface area contributed by atoms with Gasteiger partial charge in [0.2, 0.25) is 0 Å². The van der Waals surface area contributed by atoms with Crippen LogP contribution >= 0.6 is 15.9 Å². The number of rotatable bonds is 3. The van der Waals surface area contributed by atoms with Gasteiger partial charge in [-0.15, -0.1) is 0 Å². The van der Waals surface area contributed by atoms with E-state index in [1.54, 1.807) is 19.2 Å². The van der Waals surface area contributed by atoms with Crippen LogP contribution in [0.15, 0.2) is 53.0 Å². The van der Waals surface area contributed by atoms with Gasteiger partial charge in [0.1, 0.15) is 11.5 Å². The number of aromatic nitrogens is 1. The van der Waals surface area contributed by atoms with E-state index in [2.05, 4.69) is 15.9 Å². The van der Waals surface area contributed by atoms with Gasteiger partial charge in [-0.05, 0) is 30.3 Å². The number of aryl methyl sites for hydroxylation is 1. The summed E-state index contributed by atoms with van der Waals surface area (Å²) in [7, 11) is 3.55. The first-order valence-electron chi connectivity index (χ1n) is 7.21. The summed E-state index contributed by atoms with van der Waals surface area (Å²) in [6.45, 7) is 0.214. The van der Waals surface area contributed by atoms with Crippen molar-refractivity contribution in [2.45, 2.75) is 6.54 Å². The predicted octanol–water partition coefficient (Wildman–Crippen LogP) is 4.35. The lowest BCUT2D eigenvalue weighted by Gasteiger charge is -2.18. The Morgan fingerprint density at radius 3 is 2.70 bits per heavy atom. The highest BCUT2D eigenvalue weighted by molar-refractivity contribution is 9.10. The molecular formula is C18H16BrFN2O. The maximum Gasteiger partial charge on any atom is 0.270 e. The van der Waals surface area contributed by atoms with Gasteiger partial charge in [0.05, 0.1) is 0 Å². The summed E-state index contributed by atoms with van der Waals surface area (Å²) < 4.78 is 16.5. The molecule has 0 bridgehead atoms. The highest BCUT2D eigenvalue weighted by atomic mass is 79.9. The number of carbonyl (C=O) groups is 1. The molecule has 118 valence electrons. The summed E-state index contributed by atoms with van der Waals surface area (Å²) in [5, 5.41) is 1.01. The minimum Gasteiger partial charge on any atom is -0.340 e. The molecule has 0 aliphatic rings. The maximum atomic E-state index is 13.9. The molecule has 0 spiro atoms. The first-order valence-corrected chi connectivity index (χ1v) is 8.00. The van der Waals surface area contributed by atoms with E-state index in [0.717, 1.165) is 15.4 Å². The second kappa shape index (κ2) is 6.16. The zero-order chi connectivity index (χ0) is 16.6. The standard InChI is InChI=1S/C18H16BrFN2O/c1-21(11-13-9-14(19)7-8-15(13)20)18(23)17-10-12-5-3-4-6-16(12)22(17)2/h3-10H,11H2,1-2H3. The Balaban J connectivity index is 1.89. The fraction of sp³-hybridized carbons (Fsp3) is 0.167. The van der Waals surface area contributed by atoms with E-state index in [0.29, 0.717) is 11.3 Å². The van der Waals surface area contributed by atoms with E-state index < -0.39 is 0 Å². The molecule has 0 saturated heterocycles. The van der Waals surface area contributed by atoms with Crippen LogP contribution in [-0.4, -0.2) is 22.4 Å². The third-order valence-corrected chi connectivity index (χ3v) is 4.43. The van der Waals surface area contributed by atoms with Crippen LogP contribution in [0.5, 0.6) is 0 Å². The summed E-state index contributed by atoms with van der Waals surface area (Å²) in [5.41, 5.74) is 2.07. The van der Waals surface area contributed by atoms with Crippen LogP contribution in [0, 0.1) is 5.82 Å². The zero-order valence-electron chi connectivity index (χ0n) is 12.9. The fourth-order valence-corrected chi connectivity index (χ4v) is 3.09. The van der Waals surface area contributed by atoms with Gasteiger partial charge in [0, 0.05) is 41.6 Å². The smallest absolute Gasteiger partial charge is 0.270 e. The predicted molar refractivity (Wildman–Crippen MR) is 92.8 cm³/mol. The lowest BCUT2D eigenvalue weighted by molar-refractivity contribution is 0.0775. The van der Waals surface area contributed by atoms with Gasteiger partial charge in [0.25, 0.3) is 5.91 Å². The molecule has 3 nitrogen and oxygen atoms in total. The van der Waals surface area contributed by atoms with Crippen molar-refractivity contribution in [3.8, 4) is 0 Å². The molecule has 0 unspecified atom stereocenters. The van der Waals surface area contributed by atoms with Crippen molar-refractivity contribution in [2.24, 2.45) is 7.05 Å². The number of hydrogen-bond donors (Lipinski definition) is 0. The molecule has 3 aromatic rings. The van der Waals surface area contributed by atoms with Crippen LogP contribution in [0.3, 0.4) is 0 Å². The summed E-state index contributed by atoms with van der Waals surface area (Å²) in [5.74, 6) is -0.451. The molecule has 2 aromatic carbocycles. The largest absolute Gasteiger partial charge is 0.340 e. The molecule has 0 N–H and O–H groups in total. The van der Waals surface area contributed by atoms with Crippen LogP contribution in [0.2, 0.25) is 0 Å². The van der Waals surface area contributed by atoms with Gasteiger partial charge in [-0.3, -0.25) is 4.79 Å². The minimum absolute atomic E-state index is 0.136. The van der Waals surface area contributed by atoms with Crippen molar-refractivity contribution in [1.82, 2.24) is 9.47 Å². The molecule has 0 fully saturated rings. The maximum absolute atomic E-state index is 13.9. The van der Waals surface area contributed by atoms with E-state index in [4.69, 9.17) is 0 Å². The summed E-state index contributed by atoms with van der Waals surface area (Å²) in [6, 6.07) is 14.4. The zero-order valence-corrected chi connectivity index (χ0v) is 14.5. The number of benzene rings is 2. The van der Waals surface area contributed by atoms with E-state index in [9.17, 15) is 9.18 Å². The fourth-order valence-electron chi connectivity index (χ4n) is 2.68. The third kappa shape index (κ3) is 3.01. The molecule has 1 amide bonds. The highest BCUT2D eigenvalue weighted by Crippen LogP contribution is 2.21. The van der Waals surface area contributed by atoms with Gasteiger partial charge < -0.3 is 9.47 Å². The Morgan fingerprint density at radius 1 is 1.22 bits per heavy atom. The molecular weight excluding hydrogens is 359 g/mol. The van der Waals surface area contributed by atoms with Gasteiger partial charge in [-0.25, -0.2) is 4.39 Å². The molecule has 0 saturated carbocycles. The normalized spacial score (nSPS) is 11.0. The average Bonchev–Trinajstić information content (AvgIpc) is 2.87. The van der Waals surface area contributed by atoms with E-state index in [1.807, 2.05) is 41.9 Å². The molecule has 3 rings (SSSR count). The van der Waals surface area contributed by atoms with Crippen molar-refractivity contribution in [3.63, 3.8) is 0 Å². The SMILES string of the molecule is CN(Cc1cc(Br)ccc1F)C(=O)c1cc2ccccc2n1C.